The quantitative estimate of drug-likeness (QED) is 0.818. The Labute approximate surface area is 140 Å². The zero-order chi connectivity index (χ0) is 17.7. The molecule has 0 unspecified atom stereocenters. The Morgan fingerprint density at radius 3 is 2.58 bits per heavy atom. The first-order valence-corrected chi connectivity index (χ1v) is 7.49. The molecule has 0 atom stereocenters. The number of hydrogen-bond donors (Lipinski definition) is 2. The third kappa shape index (κ3) is 4.34. The van der Waals surface area contributed by atoms with Crippen molar-refractivity contribution in [3.63, 3.8) is 0 Å². The zero-order valence-electron chi connectivity index (χ0n) is 14.2. The molecule has 0 spiro atoms. The SMILES string of the molecule is COC(=O)c1ccccc1NCC(=O)Nc1cc(C(C)(C)C)no1. The van der Waals surface area contributed by atoms with Crippen LogP contribution in [0.2, 0.25) is 0 Å². The lowest BCUT2D eigenvalue weighted by molar-refractivity contribution is -0.114. The van der Waals surface area contributed by atoms with Gasteiger partial charge in [-0.15, -0.1) is 0 Å². The summed E-state index contributed by atoms with van der Waals surface area (Å²) in [6.07, 6.45) is 0. The monoisotopic (exact) mass is 331 g/mol. The molecule has 7 heteroatoms. The maximum Gasteiger partial charge on any atom is 0.339 e. The number of anilines is 2. The predicted octanol–water partition coefficient (Wildman–Crippen LogP) is 2.81. The van der Waals surface area contributed by atoms with Crippen LogP contribution in [0.15, 0.2) is 34.9 Å². The van der Waals surface area contributed by atoms with E-state index in [4.69, 9.17) is 9.26 Å². The number of methoxy groups -OCH3 is 1. The summed E-state index contributed by atoms with van der Waals surface area (Å²) in [6, 6.07) is 8.50. The smallest absolute Gasteiger partial charge is 0.339 e. The van der Waals surface area contributed by atoms with Gasteiger partial charge in [-0.1, -0.05) is 38.1 Å². The number of carbonyl (C=O) groups is 2. The number of esters is 1. The molecule has 2 aromatic rings. The standard InChI is InChI=1S/C17H21N3O4/c1-17(2,3)13-9-15(24-20-13)19-14(21)10-18-12-8-6-5-7-11(12)16(22)23-4/h5-9,18H,10H2,1-4H3,(H,19,21). The van der Waals surface area contributed by atoms with Crippen molar-refractivity contribution in [2.45, 2.75) is 26.2 Å². The second-order valence-corrected chi connectivity index (χ2v) is 6.27. The molecule has 0 saturated heterocycles. The van der Waals surface area contributed by atoms with E-state index in [9.17, 15) is 9.59 Å². The second kappa shape index (κ2) is 7.16. The minimum Gasteiger partial charge on any atom is -0.465 e. The molecule has 1 amide bonds. The topological polar surface area (TPSA) is 93.5 Å². The van der Waals surface area contributed by atoms with Crippen LogP contribution in [0.25, 0.3) is 0 Å². The third-order valence-electron chi connectivity index (χ3n) is 3.31. The van der Waals surface area contributed by atoms with Crippen molar-refractivity contribution in [3.05, 3.63) is 41.6 Å². The van der Waals surface area contributed by atoms with Gasteiger partial charge in [0, 0.05) is 17.2 Å². The molecule has 0 aliphatic heterocycles. The first-order chi connectivity index (χ1) is 11.3. The fourth-order valence-electron chi connectivity index (χ4n) is 1.97. The summed E-state index contributed by atoms with van der Waals surface area (Å²) < 4.78 is 9.82. The summed E-state index contributed by atoms with van der Waals surface area (Å²) >= 11 is 0. The molecule has 24 heavy (non-hydrogen) atoms. The summed E-state index contributed by atoms with van der Waals surface area (Å²) in [5.74, 6) is -0.497. The van der Waals surface area contributed by atoms with Crippen LogP contribution in [0.4, 0.5) is 11.6 Å². The van der Waals surface area contributed by atoms with Gasteiger partial charge in [0.25, 0.3) is 0 Å². The maximum absolute atomic E-state index is 12.0. The zero-order valence-corrected chi connectivity index (χ0v) is 14.2. The van der Waals surface area contributed by atoms with Gasteiger partial charge in [-0.25, -0.2) is 4.79 Å². The Morgan fingerprint density at radius 2 is 1.96 bits per heavy atom. The summed E-state index contributed by atoms with van der Waals surface area (Å²) in [6.45, 7) is 5.98. The Kier molecular flexibility index (Phi) is 5.23. The van der Waals surface area contributed by atoms with Gasteiger partial charge < -0.3 is 14.6 Å². The number of amides is 1. The van der Waals surface area contributed by atoms with Gasteiger partial charge in [-0.2, -0.15) is 0 Å². The number of nitrogens with zero attached hydrogens (tertiary/aromatic N) is 1. The van der Waals surface area contributed by atoms with Crippen molar-refractivity contribution in [1.29, 1.82) is 0 Å². The highest BCUT2D eigenvalue weighted by Crippen LogP contribution is 2.23. The molecule has 2 rings (SSSR count). The number of para-hydroxylation sites is 1. The van der Waals surface area contributed by atoms with E-state index >= 15 is 0 Å². The molecule has 0 saturated carbocycles. The lowest BCUT2D eigenvalue weighted by Gasteiger charge is -2.12. The van der Waals surface area contributed by atoms with E-state index in [0.29, 0.717) is 11.3 Å². The highest BCUT2D eigenvalue weighted by molar-refractivity contribution is 5.97. The largest absolute Gasteiger partial charge is 0.465 e. The third-order valence-corrected chi connectivity index (χ3v) is 3.31. The van der Waals surface area contributed by atoms with Crippen molar-refractivity contribution in [1.82, 2.24) is 5.16 Å². The molecule has 0 fully saturated rings. The van der Waals surface area contributed by atoms with Crippen LogP contribution in [-0.2, 0) is 14.9 Å². The van der Waals surface area contributed by atoms with E-state index in [0.717, 1.165) is 5.69 Å². The Bertz CT molecular complexity index is 731. The van der Waals surface area contributed by atoms with Gasteiger partial charge in [0.15, 0.2) is 0 Å². The fourth-order valence-corrected chi connectivity index (χ4v) is 1.97. The van der Waals surface area contributed by atoms with Gasteiger partial charge in [-0.05, 0) is 12.1 Å². The van der Waals surface area contributed by atoms with Crippen LogP contribution in [0.5, 0.6) is 0 Å². The number of carbonyl (C=O) groups excluding carboxylic acids is 2. The minimum absolute atomic E-state index is 0.0282. The second-order valence-electron chi connectivity index (χ2n) is 6.27. The van der Waals surface area contributed by atoms with Crippen LogP contribution in [0, 0.1) is 0 Å². The van der Waals surface area contributed by atoms with Gasteiger partial charge >= 0.3 is 5.97 Å². The van der Waals surface area contributed by atoms with Crippen molar-refractivity contribution in [3.8, 4) is 0 Å². The average molecular weight is 331 g/mol. The lowest BCUT2D eigenvalue weighted by atomic mass is 9.92. The van der Waals surface area contributed by atoms with E-state index < -0.39 is 5.97 Å². The lowest BCUT2D eigenvalue weighted by Crippen LogP contribution is -2.22. The van der Waals surface area contributed by atoms with Crippen LogP contribution in [-0.4, -0.2) is 30.7 Å². The molecule has 1 aromatic heterocycles. The summed E-state index contributed by atoms with van der Waals surface area (Å²) in [5, 5.41) is 9.47. The molecular weight excluding hydrogens is 310 g/mol. The number of ether oxygens (including phenoxy) is 1. The first-order valence-electron chi connectivity index (χ1n) is 7.49. The number of nitrogens with one attached hydrogen (secondary N) is 2. The highest BCUT2D eigenvalue weighted by atomic mass is 16.5. The summed E-state index contributed by atoms with van der Waals surface area (Å²) in [4.78, 5) is 23.7. The number of benzene rings is 1. The molecule has 0 radical (unpaired) electrons. The van der Waals surface area contributed by atoms with Crippen molar-refractivity contribution < 1.29 is 18.8 Å². The van der Waals surface area contributed by atoms with Crippen LogP contribution in [0.1, 0.15) is 36.8 Å². The van der Waals surface area contributed by atoms with E-state index in [1.807, 2.05) is 20.8 Å². The van der Waals surface area contributed by atoms with E-state index in [1.54, 1.807) is 30.3 Å². The first kappa shape index (κ1) is 17.5. The minimum atomic E-state index is -0.469. The summed E-state index contributed by atoms with van der Waals surface area (Å²) in [7, 11) is 1.31. The van der Waals surface area contributed by atoms with Crippen LogP contribution in [0.3, 0.4) is 0 Å². The van der Waals surface area contributed by atoms with E-state index in [2.05, 4.69) is 15.8 Å². The van der Waals surface area contributed by atoms with Gasteiger partial charge in [0.05, 0.1) is 24.9 Å². The Morgan fingerprint density at radius 1 is 1.25 bits per heavy atom. The van der Waals surface area contributed by atoms with Gasteiger partial charge in [-0.3, -0.25) is 10.1 Å². The molecule has 128 valence electrons. The molecule has 7 nitrogen and oxygen atoms in total. The molecule has 2 N–H and O–H groups in total. The van der Waals surface area contributed by atoms with E-state index in [1.165, 1.54) is 7.11 Å². The molecule has 1 aromatic carbocycles. The molecule has 0 bridgehead atoms. The number of rotatable bonds is 5. The summed E-state index contributed by atoms with van der Waals surface area (Å²) in [5.41, 5.74) is 1.47. The molecule has 1 heterocycles. The molecule has 0 aliphatic carbocycles. The highest BCUT2D eigenvalue weighted by Gasteiger charge is 2.19. The molecular formula is C17H21N3O4. The van der Waals surface area contributed by atoms with Crippen molar-refractivity contribution >= 4 is 23.4 Å². The molecule has 0 aliphatic rings. The van der Waals surface area contributed by atoms with Crippen LogP contribution >= 0.6 is 0 Å². The predicted molar refractivity (Wildman–Crippen MR) is 90.1 cm³/mol. The van der Waals surface area contributed by atoms with Gasteiger partial charge in [0.2, 0.25) is 11.8 Å². The number of hydrogen-bond acceptors (Lipinski definition) is 6. The van der Waals surface area contributed by atoms with Crippen molar-refractivity contribution in [2.24, 2.45) is 0 Å². The fraction of sp³-hybridized carbons (Fsp3) is 0.353. The Balaban J connectivity index is 1.97. The normalized spacial score (nSPS) is 11.0. The average Bonchev–Trinajstić information content (AvgIpc) is 3.01. The maximum atomic E-state index is 12.0. The van der Waals surface area contributed by atoms with Crippen molar-refractivity contribution in [2.75, 3.05) is 24.3 Å². The van der Waals surface area contributed by atoms with Gasteiger partial charge in [0.1, 0.15) is 0 Å². The van der Waals surface area contributed by atoms with E-state index in [-0.39, 0.29) is 23.8 Å². The number of aromatic nitrogens is 1. The van der Waals surface area contributed by atoms with Crippen LogP contribution < -0.4 is 10.6 Å². The Hall–Kier alpha value is -2.83.